The second-order valence-electron chi connectivity index (χ2n) is 11.9. The van der Waals surface area contributed by atoms with E-state index in [0.717, 1.165) is 54.6 Å². The first-order chi connectivity index (χ1) is 23.3. The van der Waals surface area contributed by atoms with E-state index >= 15 is 0 Å². The number of aromatic nitrogens is 1. The van der Waals surface area contributed by atoms with Crippen molar-refractivity contribution in [1.29, 1.82) is 5.26 Å². The van der Waals surface area contributed by atoms with Crippen molar-refractivity contribution in [3.63, 3.8) is 0 Å². The van der Waals surface area contributed by atoms with Crippen LogP contribution in [-0.4, -0.2) is 12.6 Å². The highest BCUT2D eigenvalue weighted by atomic mass is 28.3. The molecule has 0 atom stereocenters. The number of rotatable bonds is 5. The van der Waals surface area contributed by atoms with Gasteiger partial charge in [0.2, 0.25) is 0 Å². The smallest absolute Gasteiger partial charge is 0.184 e. The van der Waals surface area contributed by atoms with Gasteiger partial charge in [-0.3, -0.25) is 0 Å². The Balaban J connectivity index is 1.52. The second kappa shape index (κ2) is 10.6. The summed E-state index contributed by atoms with van der Waals surface area (Å²) in [5.74, 6) is 0. The van der Waals surface area contributed by atoms with Crippen LogP contribution in [0.5, 0.6) is 0 Å². The third-order valence-electron chi connectivity index (χ3n) is 9.40. The minimum absolute atomic E-state index is 0.604. The van der Waals surface area contributed by atoms with Gasteiger partial charge in [-0.2, -0.15) is 5.26 Å². The largest absolute Gasteiger partial charge is 0.456 e. The standard InChI is InChI=1S/C43H26N2OSi/c44-29-30-24-25-41-37(26-30)38-27-31(45-39-22-12-10-20-35(39)36-21-11-13-23-40(36)45)28-42(43(38)46-41)47(32-14-4-1-5-15-32,33-16-6-2-7-17-33)34-18-8-3-9-19-34/h1-10,12-20,22-28H. The van der Waals surface area contributed by atoms with Crippen LogP contribution < -0.4 is 20.7 Å². The number of hydrogen-bond acceptors (Lipinski definition) is 2. The Morgan fingerprint density at radius 1 is 0.596 bits per heavy atom. The third kappa shape index (κ3) is 4.00. The summed E-state index contributed by atoms with van der Waals surface area (Å²) in [7, 11) is -3.01. The molecule has 9 rings (SSSR count). The van der Waals surface area contributed by atoms with Crippen molar-refractivity contribution in [1.82, 2.24) is 4.57 Å². The Bertz CT molecular complexity index is 2480. The van der Waals surface area contributed by atoms with Crippen LogP contribution in [0.4, 0.5) is 0 Å². The predicted octanol–water partition coefficient (Wildman–Crippen LogP) is 7.53. The van der Waals surface area contributed by atoms with Gasteiger partial charge in [0, 0.05) is 21.8 Å². The highest BCUT2D eigenvalue weighted by Crippen LogP contribution is 2.35. The van der Waals surface area contributed by atoms with Crippen LogP contribution in [0.1, 0.15) is 5.56 Å². The van der Waals surface area contributed by atoms with Gasteiger partial charge in [0.25, 0.3) is 0 Å². The van der Waals surface area contributed by atoms with E-state index in [1.165, 1.54) is 15.6 Å². The summed E-state index contributed by atoms with van der Waals surface area (Å²) in [4.78, 5) is 0. The van der Waals surface area contributed by atoms with Gasteiger partial charge in [-0.1, -0.05) is 121 Å². The molecule has 0 radical (unpaired) electrons. The summed E-state index contributed by atoms with van der Waals surface area (Å²) < 4.78 is 9.24. The molecule has 0 unspecified atom stereocenters. The van der Waals surface area contributed by atoms with E-state index in [1.54, 1.807) is 0 Å². The molecule has 9 aromatic rings. The van der Waals surface area contributed by atoms with Crippen LogP contribution >= 0.6 is 0 Å². The molecule has 2 heterocycles. The number of para-hydroxylation sites is 1. The van der Waals surface area contributed by atoms with Gasteiger partial charge in [0.15, 0.2) is 8.07 Å². The number of hydrogen-bond donors (Lipinski definition) is 0. The van der Waals surface area contributed by atoms with E-state index in [-0.39, 0.29) is 0 Å². The number of benzene rings is 6. The average Bonchev–Trinajstić information content (AvgIpc) is 3.69. The molecule has 0 amide bonds. The molecule has 218 valence electrons. The van der Waals surface area contributed by atoms with Crippen molar-refractivity contribution >= 4 is 72.6 Å². The Kier molecular flexibility index (Phi) is 6.11. The fourth-order valence-electron chi connectivity index (χ4n) is 7.43. The van der Waals surface area contributed by atoms with E-state index in [0.29, 0.717) is 5.56 Å². The van der Waals surface area contributed by atoms with Crippen LogP contribution in [0.15, 0.2) is 162 Å². The molecule has 47 heavy (non-hydrogen) atoms. The molecule has 0 saturated heterocycles. The van der Waals surface area contributed by atoms with E-state index < -0.39 is 8.07 Å². The van der Waals surface area contributed by atoms with Gasteiger partial charge in [0.1, 0.15) is 11.2 Å². The number of fused-ring (bicyclic) bond motifs is 6. The predicted molar refractivity (Wildman–Crippen MR) is 194 cm³/mol. The van der Waals surface area contributed by atoms with E-state index in [4.69, 9.17) is 4.42 Å². The van der Waals surface area contributed by atoms with Gasteiger partial charge in [-0.15, -0.1) is 0 Å². The average molecular weight is 615 g/mol. The maximum Gasteiger partial charge on any atom is 0.184 e. The highest BCUT2D eigenvalue weighted by Gasteiger charge is 2.44. The number of nitrogens with zero attached hydrogens (tertiary/aromatic N) is 2. The molecule has 3 nitrogen and oxygen atoms in total. The third-order valence-corrected chi connectivity index (χ3v) is 14.2. The van der Waals surface area contributed by atoms with Crippen LogP contribution in [0.25, 0.3) is 49.4 Å². The molecule has 7 aromatic carbocycles. The van der Waals surface area contributed by atoms with E-state index in [2.05, 4.69) is 156 Å². The maximum atomic E-state index is 9.89. The van der Waals surface area contributed by atoms with Gasteiger partial charge < -0.3 is 8.98 Å². The zero-order valence-corrected chi connectivity index (χ0v) is 26.3. The first-order valence-corrected chi connectivity index (χ1v) is 17.7. The minimum Gasteiger partial charge on any atom is -0.456 e. The summed E-state index contributed by atoms with van der Waals surface area (Å²) in [5.41, 5.74) is 5.41. The molecule has 0 bridgehead atoms. The molecule has 0 aliphatic heterocycles. The van der Waals surface area contributed by atoms with E-state index in [9.17, 15) is 5.26 Å². The fraction of sp³-hybridized carbons (Fsp3) is 0. The van der Waals surface area contributed by atoms with Crippen LogP contribution in [0.3, 0.4) is 0 Å². The van der Waals surface area contributed by atoms with Gasteiger partial charge >= 0.3 is 0 Å². The lowest BCUT2D eigenvalue weighted by atomic mass is 10.1. The molecule has 0 saturated carbocycles. The molecular weight excluding hydrogens is 589 g/mol. The molecule has 2 aromatic heterocycles. The topological polar surface area (TPSA) is 41.9 Å². The number of furan rings is 1. The molecule has 0 aliphatic carbocycles. The fourth-order valence-corrected chi connectivity index (χ4v) is 12.3. The SMILES string of the molecule is N#Cc1ccc2oc3c([Si](c4ccccc4)(c4ccccc4)c4ccccc4)cc(-n4c5ccc#cc5c5ccccc54)cc3c2c1. The molecule has 0 aliphatic rings. The monoisotopic (exact) mass is 614 g/mol. The summed E-state index contributed by atoms with van der Waals surface area (Å²) in [6.45, 7) is 0. The highest BCUT2D eigenvalue weighted by molar-refractivity contribution is 7.20. The molecular formula is C43H26N2OSi. The molecule has 0 spiro atoms. The summed E-state index contributed by atoms with van der Waals surface area (Å²) in [5, 5.41) is 18.9. The Hall–Kier alpha value is -6.33. The van der Waals surface area contributed by atoms with Crippen molar-refractivity contribution in [2.45, 2.75) is 0 Å². The Morgan fingerprint density at radius 3 is 1.89 bits per heavy atom. The quantitative estimate of drug-likeness (QED) is 0.149. The van der Waals surface area contributed by atoms with Crippen LogP contribution in [-0.2, 0) is 0 Å². The Morgan fingerprint density at radius 2 is 1.23 bits per heavy atom. The van der Waals surface area contributed by atoms with Crippen LogP contribution in [0, 0.1) is 23.5 Å². The molecule has 0 fully saturated rings. The first kappa shape index (κ1) is 27.0. The van der Waals surface area contributed by atoms with Crippen molar-refractivity contribution in [2.75, 3.05) is 0 Å². The summed E-state index contributed by atoms with van der Waals surface area (Å²) in [6, 6.07) is 64.5. The van der Waals surface area contributed by atoms with Crippen LogP contribution in [0.2, 0.25) is 0 Å². The van der Waals surface area contributed by atoms with E-state index in [1.807, 2.05) is 24.3 Å². The van der Waals surface area contributed by atoms with Crippen molar-refractivity contribution in [2.24, 2.45) is 0 Å². The normalized spacial score (nSPS) is 11.6. The van der Waals surface area contributed by atoms with Crippen molar-refractivity contribution in [3.05, 3.63) is 175 Å². The summed E-state index contributed by atoms with van der Waals surface area (Å²) in [6.07, 6.45) is 0. The lowest BCUT2D eigenvalue weighted by Gasteiger charge is -2.34. The van der Waals surface area contributed by atoms with Gasteiger partial charge in [0.05, 0.1) is 28.1 Å². The molecule has 4 heteroatoms. The van der Waals surface area contributed by atoms with Crippen molar-refractivity contribution < 1.29 is 4.42 Å². The zero-order valence-electron chi connectivity index (χ0n) is 25.3. The zero-order chi connectivity index (χ0) is 31.4. The lowest BCUT2D eigenvalue weighted by molar-refractivity contribution is 0.671. The Labute approximate surface area is 273 Å². The first-order valence-electron chi connectivity index (χ1n) is 15.7. The number of nitriles is 1. The molecule has 0 N–H and O–H groups in total. The summed E-state index contributed by atoms with van der Waals surface area (Å²) >= 11 is 0. The van der Waals surface area contributed by atoms with Crippen molar-refractivity contribution in [3.8, 4) is 11.8 Å². The minimum atomic E-state index is -3.01. The lowest BCUT2D eigenvalue weighted by Crippen LogP contribution is -2.74. The second-order valence-corrected chi connectivity index (χ2v) is 15.6. The van der Waals surface area contributed by atoms with Gasteiger partial charge in [-0.05, 0) is 69.3 Å². The maximum absolute atomic E-state index is 9.89. The van der Waals surface area contributed by atoms with Gasteiger partial charge in [-0.25, -0.2) is 0 Å².